The maximum absolute atomic E-state index is 11.7. The van der Waals surface area contributed by atoms with E-state index in [9.17, 15) is 4.79 Å². The molecular formula is C12H22O2. The van der Waals surface area contributed by atoms with Gasteiger partial charge in [-0.05, 0) is 31.6 Å². The number of rotatable bonds is 5. The van der Waals surface area contributed by atoms with Crippen molar-refractivity contribution in [3.05, 3.63) is 0 Å². The van der Waals surface area contributed by atoms with E-state index in [-0.39, 0.29) is 0 Å². The fourth-order valence-corrected chi connectivity index (χ4v) is 2.30. The van der Waals surface area contributed by atoms with Gasteiger partial charge in [0.15, 0.2) is 0 Å². The lowest BCUT2D eigenvalue weighted by Crippen LogP contribution is -2.22. The summed E-state index contributed by atoms with van der Waals surface area (Å²) in [5, 5.41) is 0. The molecule has 0 atom stereocenters. The van der Waals surface area contributed by atoms with Crippen molar-refractivity contribution in [1.82, 2.24) is 0 Å². The number of hydrogen-bond donors (Lipinski definition) is 0. The van der Waals surface area contributed by atoms with Crippen LogP contribution in [0, 0.1) is 11.8 Å². The number of carbonyl (C=O) groups excluding carboxylic acids is 1. The Morgan fingerprint density at radius 1 is 1.29 bits per heavy atom. The zero-order chi connectivity index (χ0) is 10.4. The van der Waals surface area contributed by atoms with Crippen molar-refractivity contribution in [2.75, 3.05) is 13.7 Å². The highest BCUT2D eigenvalue weighted by atomic mass is 16.5. The van der Waals surface area contributed by atoms with Gasteiger partial charge in [0.25, 0.3) is 0 Å². The molecule has 0 heterocycles. The summed E-state index contributed by atoms with van der Waals surface area (Å²) in [7, 11) is 1.65. The predicted molar refractivity (Wildman–Crippen MR) is 57.2 cm³/mol. The Labute approximate surface area is 87.0 Å². The number of ether oxygens (including phenoxy) is 1. The van der Waals surface area contributed by atoms with Crippen LogP contribution in [-0.2, 0) is 9.53 Å². The minimum Gasteiger partial charge on any atom is -0.384 e. The van der Waals surface area contributed by atoms with Crippen LogP contribution >= 0.6 is 0 Å². The monoisotopic (exact) mass is 198 g/mol. The van der Waals surface area contributed by atoms with Crippen LogP contribution in [0.1, 0.15) is 45.4 Å². The Balaban J connectivity index is 2.23. The van der Waals surface area contributed by atoms with Gasteiger partial charge in [-0.25, -0.2) is 0 Å². The fourth-order valence-electron chi connectivity index (χ4n) is 2.30. The molecule has 0 saturated heterocycles. The molecule has 82 valence electrons. The van der Waals surface area contributed by atoms with Gasteiger partial charge in [0.2, 0.25) is 0 Å². The number of methoxy groups -OCH3 is 1. The van der Waals surface area contributed by atoms with Gasteiger partial charge < -0.3 is 4.74 Å². The predicted octanol–water partition coefficient (Wildman–Crippen LogP) is 2.81. The van der Waals surface area contributed by atoms with Gasteiger partial charge in [-0.2, -0.15) is 0 Å². The second kappa shape index (κ2) is 6.18. The third kappa shape index (κ3) is 3.41. The van der Waals surface area contributed by atoms with Gasteiger partial charge >= 0.3 is 0 Å². The Morgan fingerprint density at radius 3 is 2.43 bits per heavy atom. The lowest BCUT2D eigenvalue weighted by Gasteiger charge is -2.26. The van der Waals surface area contributed by atoms with Crippen LogP contribution in [0.4, 0.5) is 0 Å². The van der Waals surface area contributed by atoms with Crippen molar-refractivity contribution in [2.24, 2.45) is 11.8 Å². The Morgan fingerprint density at radius 2 is 1.93 bits per heavy atom. The van der Waals surface area contributed by atoms with E-state index in [0.717, 1.165) is 18.8 Å². The summed E-state index contributed by atoms with van der Waals surface area (Å²) in [5.41, 5.74) is 0. The molecule has 0 unspecified atom stereocenters. The summed E-state index contributed by atoms with van der Waals surface area (Å²) in [6, 6.07) is 0. The molecule has 0 radical (unpaired) electrons. The molecule has 1 rings (SSSR count). The SMILES string of the molecule is CCC1CCC(C(=O)CCOC)CC1. The first-order valence-corrected chi connectivity index (χ1v) is 5.79. The van der Waals surface area contributed by atoms with E-state index in [2.05, 4.69) is 6.92 Å². The van der Waals surface area contributed by atoms with Gasteiger partial charge in [-0.3, -0.25) is 4.79 Å². The summed E-state index contributed by atoms with van der Waals surface area (Å²) in [4.78, 5) is 11.7. The molecule has 14 heavy (non-hydrogen) atoms. The third-order valence-corrected chi connectivity index (χ3v) is 3.43. The lowest BCUT2D eigenvalue weighted by molar-refractivity contribution is -0.124. The zero-order valence-corrected chi connectivity index (χ0v) is 9.42. The van der Waals surface area contributed by atoms with Crippen LogP contribution < -0.4 is 0 Å². The van der Waals surface area contributed by atoms with E-state index in [1.165, 1.54) is 19.3 Å². The molecule has 1 fully saturated rings. The van der Waals surface area contributed by atoms with Crippen molar-refractivity contribution < 1.29 is 9.53 Å². The first-order chi connectivity index (χ1) is 6.77. The van der Waals surface area contributed by atoms with Gasteiger partial charge in [0.1, 0.15) is 5.78 Å². The average Bonchev–Trinajstić information content (AvgIpc) is 2.26. The largest absolute Gasteiger partial charge is 0.384 e. The Kier molecular flexibility index (Phi) is 5.16. The van der Waals surface area contributed by atoms with E-state index in [0.29, 0.717) is 24.7 Å². The molecule has 0 aromatic carbocycles. The average molecular weight is 198 g/mol. The highest BCUT2D eigenvalue weighted by molar-refractivity contribution is 5.81. The standard InChI is InChI=1S/C12H22O2/c1-3-10-4-6-11(7-5-10)12(13)8-9-14-2/h10-11H,3-9H2,1-2H3. The van der Waals surface area contributed by atoms with Gasteiger partial charge in [0, 0.05) is 19.4 Å². The van der Waals surface area contributed by atoms with E-state index in [4.69, 9.17) is 4.74 Å². The van der Waals surface area contributed by atoms with Crippen LogP contribution in [0.3, 0.4) is 0 Å². The van der Waals surface area contributed by atoms with E-state index < -0.39 is 0 Å². The zero-order valence-electron chi connectivity index (χ0n) is 9.42. The van der Waals surface area contributed by atoms with Crippen molar-refractivity contribution >= 4 is 5.78 Å². The summed E-state index contributed by atoms with van der Waals surface area (Å²) < 4.78 is 4.92. The fraction of sp³-hybridized carbons (Fsp3) is 0.917. The minimum atomic E-state index is 0.341. The van der Waals surface area contributed by atoms with Crippen molar-refractivity contribution in [3.8, 4) is 0 Å². The number of hydrogen-bond acceptors (Lipinski definition) is 2. The number of carbonyl (C=O) groups is 1. The molecule has 1 aliphatic rings. The van der Waals surface area contributed by atoms with Crippen molar-refractivity contribution in [3.63, 3.8) is 0 Å². The smallest absolute Gasteiger partial charge is 0.138 e. The minimum absolute atomic E-state index is 0.341. The van der Waals surface area contributed by atoms with Crippen LogP contribution in [0.5, 0.6) is 0 Å². The second-order valence-corrected chi connectivity index (χ2v) is 4.34. The lowest BCUT2D eigenvalue weighted by atomic mass is 9.78. The molecule has 0 spiro atoms. The summed E-state index contributed by atoms with van der Waals surface area (Å²) in [6.45, 7) is 2.84. The quantitative estimate of drug-likeness (QED) is 0.679. The summed E-state index contributed by atoms with van der Waals surface area (Å²) >= 11 is 0. The molecule has 2 nitrogen and oxygen atoms in total. The first-order valence-electron chi connectivity index (χ1n) is 5.79. The highest BCUT2D eigenvalue weighted by Crippen LogP contribution is 2.31. The normalized spacial score (nSPS) is 27.6. The Hall–Kier alpha value is -0.370. The van der Waals surface area contributed by atoms with Gasteiger partial charge in [-0.1, -0.05) is 13.3 Å². The maximum Gasteiger partial charge on any atom is 0.138 e. The molecule has 1 aliphatic carbocycles. The van der Waals surface area contributed by atoms with Gasteiger partial charge in [-0.15, -0.1) is 0 Å². The summed E-state index contributed by atoms with van der Waals surface area (Å²) in [6.07, 6.45) is 6.61. The summed E-state index contributed by atoms with van der Waals surface area (Å²) in [5.74, 6) is 1.64. The maximum atomic E-state index is 11.7. The third-order valence-electron chi connectivity index (χ3n) is 3.43. The molecule has 0 bridgehead atoms. The molecule has 0 aromatic heterocycles. The Bertz CT molecular complexity index is 169. The van der Waals surface area contributed by atoms with E-state index >= 15 is 0 Å². The van der Waals surface area contributed by atoms with Crippen LogP contribution in [0.2, 0.25) is 0 Å². The topological polar surface area (TPSA) is 26.3 Å². The van der Waals surface area contributed by atoms with Crippen LogP contribution in [0.15, 0.2) is 0 Å². The first kappa shape index (κ1) is 11.7. The van der Waals surface area contributed by atoms with E-state index in [1.54, 1.807) is 7.11 Å². The molecule has 0 N–H and O–H groups in total. The molecular weight excluding hydrogens is 176 g/mol. The molecule has 0 amide bonds. The van der Waals surface area contributed by atoms with E-state index in [1.807, 2.05) is 0 Å². The molecule has 0 aliphatic heterocycles. The van der Waals surface area contributed by atoms with Gasteiger partial charge in [0.05, 0.1) is 6.61 Å². The molecule has 2 heteroatoms. The number of Topliss-reactive ketones (excluding diaryl/α,β-unsaturated/α-hetero) is 1. The van der Waals surface area contributed by atoms with Crippen molar-refractivity contribution in [2.45, 2.75) is 45.4 Å². The van der Waals surface area contributed by atoms with Crippen molar-refractivity contribution in [1.29, 1.82) is 0 Å². The van der Waals surface area contributed by atoms with Crippen LogP contribution in [-0.4, -0.2) is 19.5 Å². The second-order valence-electron chi connectivity index (χ2n) is 4.34. The molecule has 1 saturated carbocycles. The molecule has 0 aromatic rings. The number of ketones is 1. The highest BCUT2D eigenvalue weighted by Gasteiger charge is 2.24. The van der Waals surface area contributed by atoms with Crippen LogP contribution in [0.25, 0.3) is 0 Å².